The molecule has 2 aliphatic rings. The van der Waals surface area contributed by atoms with Gasteiger partial charge in [-0.05, 0) is 44.7 Å². The van der Waals surface area contributed by atoms with E-state index in [-0.39, 0.29) is 18.1 Å². The molecule has 0 bridgehead atoms. The first-order valence-corrected chi connectivity index (χ1v) is 10.3. The van der Waals surface area contributed by atoms with E-state index in [2.05, 4.69) is 15.6 Å². The van der Waals surface area contributed by atoms with Crippen molar-refractivity contribution in [3.8, 4) is 11.3 Å². The lowest BCUT2D eigenvalue weighted by molar-refractivity contribution is 0.0946. The van der Waals surface area contributed by atoms with Gasteiger partial charge in [0.2, 0.25) is 0 Å². The molecule has 1 saturated carbocycles. The van der Waals surface area contributed by atoms with E-state index in [1.807, 2.05) is 31.2 Å². The van der Waals surface area contributed by atoms with Gasteiger partial charge in [0.1, 0.15) is 11.3 Å². The summed E-state index contributed by atoms with van der Waals surface area (Å²) in [5, 5.41) is 16.4. The Bertz CT molecular complexity index is 1090. The Morgan fingerprint density at radius 2 is 2.10 bits per heavy atom. The molecule has 0 saturated heterocycles. The lowest BCUT2D eigenvalue weighted by Gasteiger charge is -2.27. The van der Waals surface area contributed by atoms with Gasteiger partial charge in [-0.1, -0.05) is 12.1 Å². The highest BCUT2D eigenvalue weighted by atomic mass is 16.3. The molecule has 2 aromatic heterocycles. The maximum atomic E-state index is 12.2. The third-order valence-electron chi connectivity index (χ3n) is 5.95. The Morgan fingerprint density at radius 3 is 2.93 bits per heavy atom. The van der Waals surface area contributed by atoms with Crippen LogP contribution < -0.4 is 10.6 Å². The van der Waals surface area contributed by atoms with Crippen LogP contribution in [0.5, 0.6) is 0 Å². The maximum Gasteiger partial charge on any atom is 0.253 e. The second-order valence-electron chi connectivity index (χ2n) is 8.07. The highest BCUT2D eigenvalue weighted by Crippen LogP contribution is 2.31. The molecular formula is C22H25N5O2. The van der Waals surface area contributed by atoms with E-state index >= 15 is 0 Å². The zero-order chi connectivity index (χ0) is 20.0. The van der Waals surface area contributed by atoms with Gasteiger partial charge in [-0.2, -0.15) is 0 Å². The number of carbonyl (C=O) groups is 1. The fourth-order valence-corrected chi connectivity index (χ4v) is 4.45. The highest BCUT2D eigenvalue weighted by Gasteiger charge is 2.23. The van der Waals surface area contributed by atoms with E-state index in [1.165, 1.54) is 0 Å². The number of hydrogen-bond acceptors (Lipinski definition) is 5. The van der Waals surface area contributed by atoms with Gasteiger partial charge in [-0.25, -0.2) is 9.97 Å². The first-order chi connectivity index (χ1) is 14.1. The molecule has 1 aliphatic heterocycles. The number of hydrogen-bond donors (Lipinski definition) is 4. The Kier molecular flexibility index (Phi) is 4.47. The van der Waals surface area contributed by atoms with Crippen molar-refractivity contribution < 1.29 is 9.90 Å². The van der Waals surface area contributed by atoms with Gasteiger partial charge in [0.15, 0.2) is 0 Å². The van der Waals surface area contributed by atoms with Gasteiger partial charge in [0.05, 0.1) is 22.9 Å². The van der Waals surface area contributed by atoms with Crippen LogP contribution in [0.15, 0.2) is 24.3 Å². The quantitative estimate of drug-likeness (QED) is 0.550. The van der Waals surface area contributed by atoms with Crippen molar-refractivity contribution in [1.82, 2.24) is 20.3 Å². The largest absolute Gasteiger partial charge is 0.393 e. The number of aromatic nitrogens is 3. The average molecular weight is 391 g/mol. The first-order valence-electron chi connectivity index (χ1n) is 10.3. The number of rotatable bonds is 3. The molecule has 1 aliphatic carbocycles. The monoisotopic (exact) mass is 391 g/mol. The number of aromatic amines is 1. The lowest BCUT2D eigenvalue weighted by atomic mass is 9.93. The first kappa shape index (κ1) is 18.1. The molecule has 29 heavy (non-hydrogen) atoms. The Hall–Kier alpha value is -2.93. The molecule has 1 aromatic carbocycles. The molecule has 0 spiro atoms. The molecule has 5 rings (SSSR count). The molecule has 1 amide bonds. The van der Waals surface area contributed by atoms with Crippen LogP contribution in [0, 0.1) is 6.92 Å². The Balaban J connectivity index is 1.55. The van der Waals surface area contributed by atoms with Crippen molar-refractivity contribution in [2.45, 2.75) is 51.2 Å². The molecular weight excluding hydrogens is 366 g/mol. The van der Waals surface area contributed by atoms with Crippen LogP contribution in [0.4, 0.5) is 5.82 Å². The number of benzene rings is 1. The third-order valence-corrected chi connectivity index (χ3v) is 5.95. The van der Waals surface area contributed by atoms with Crippen molar-refractivity contribution in [2.75, 3.05) is 11.9 Å². The van der Waals surface area contributed by atoms with Crippen molar-refractivity contribution >= 4 is 22.8 Å². The summed E-state index contributed by atoms with van der Waals surface area (Å²) in [5.74, 6) is 0.729. The van der Waals surface area contributed by atoms with Crippen molar-refractivity contribution in [2.24, 2.45) is 0 Å². The van der Waals surface area contributed by atoms with Gasteiger partial charge < -0.3 is 20.7 Å². The summed E-state index contributed by atoms with van der Waals surface area (Å²) >= 11 is 0. The molecule has 1 fully saturated rings. The predicted molar refractivity (Wildman–Crippen MR) is 112 cm³/mol. The molecule has 3 heterocycles. The summed E-state index contributed by atoms with van der Waals surface area (Å²) in [4.78, 5) is 25.2. The average Bonchev–Trinajstić information content (AvgIpc) is 3.14. The number of aliphatic hydroxyl groups excluding tert-OH is 1. The Morgan fingerprint density at radius 1 is 1.21 bits per heavy atom. The summed E-state index contributed by atoms with van der Waals surface area (Å²) in [6.07, 6.45) is 4.20. The summed E-state index contributed by atoms with van der Waals surface area (Å²) in [6.45, 7) is 2.61. The molecule has 7 heteroatoms. The van der Waals surface area contributed by atoms with Crippen LogP contribution >= 0.6 is 0 Å². The zero-order valence-corrected chi connectivity index (χ0v) is 16.5. The topological polar surface area (TPSA) is 103 Å². The predicted octanol–water partition coefficient (Wildman–Crippen LogP) is 2.93. The maximum absolute atomic E-state index is 12.2. The van der Waals surface area contributed by atoms with E-state index in [9.17, 15) is 9.90 Å². The van der Waals surface area contributed by atoms with Gasteiger partial charge in [-0.15, -0.1) is 0 Å². The molecule has 4 N–H and O–H groups in total. The fourth-order valence-electron chi connectivity index (χ4n) is 4.45. The molecule has 150 valence electrons. The minimum atomic E-state index is -0.248. The standard InChI is InChI=1S/C22H25N5O2/c1-12-21(25-13-4-2-5-14(28)10-13)27-20-15(6-3-7-18(20)24-12)19-11-16-17(26-19)8-9-23-22(16)29/h3,6-7,11,13-14,26,28H,2,4-5,8-10H2,1H3,(H,23,29)(H,25,27)/t13-,14?/m0/s1. The summed E-state index contributed by atoms with van der Waals surface area (Å²) in [5.41, 5.74) is 5.97. The van der Waals surface area contributed by atoms with Crippen LogP contribution in [-0.4, -0.2) is 44.7 Å². The summed E-state index contributed by atoms with van der Waals surface area (Å²) in [6, 6.07) is 8.05. The number of amides is 1. The van der Waals surface area contributed by atoms with Crippen LogP contribution in [0.1, 0.15) is 47.4 Å². The molecule has 0 radical (unpaired) electrons. The van der Waals surface area contributed by atoms with E-state index in [4.69, 9.17) is 9.97 Å². The van der Waals surface area contributed by atoms with Crippen molar-refractivity contribution in [3.63, 3.8) is 0 Å². The number of H-pyrrole nitrogens is 1. The minimum Gasteiger partial charge on any atom is -0.393 e. The van der Waals surface area contributed by atoms with Gasteiger partial charge >= 0.3 is 0 Å². The zero-order valence-electron chi connectivity index (χ0n) is 16.5. The highest BCUT2D eigenvalue weighted by molar-refractivity contribution is 5.99. The number of aliphatic hydroxyl groups is 1. The second-order valence-corrected chi connectivity index (χ2v) is 8.07. The molecule has 2 atom stereocenters. The second kappa shape index (κ2) is 7.15. The minimum absolute atomic E-state index is 0.0332. The number of carbonyl (C=O) groups excluding carboxylic acids is 1. The van der Waals surface area contributed by atoms with Crippen LogP contribution in [0.25, 0.3) is 22.3 Å². The molecule has 7 nitrogen and oxygen atoms in total. The molecule has 3 aromatic rings. The number of nitrogens with zero attached hydrogens (tertiary/aromatic N) is 2. The third kappa shape index (κ3) is 3.35. The number of nitrogens with one attached hydrogen (secondary N) is 3. The van der Waals surface area contributed by atoms with Crippen molar-refractivity contribution in [1.29, 1.82) is 0 Å². The van der Waals surface area contributed by atoms with E-state index < -0.39 is 0 Å². The van der Waals surface area contributed by atoms with Gasteiger partial charge in [0.25, 0.3) is 5.91 Å². The summed E-state index contributed by atoms with van der Waals surface area (Å²) in [7, 11) is 0. The normalized spacial score (nSPS) is 21.7. The number of anilines is 1. The number of fused-ring (bicyclic) bond motifs is 2. The van der Waals surface area contributed by atoms with Gasteiger partial charge in [-0.3, -0.25) is 4.79 Å². The van der Waals surface area contributed by atoms with Crippen LogP contribution in [-0.2, 0) is 6.42 Å². The summed E-state index contributed by atoms with van der Waals surface area (Å²) < 4.78 is 0. The van der Waals surface area contributed by atoms with E-state index in [0.29, 0.717) is 12.1 Å². The van der Waals surface area contributed by atoms with E-state index in [0.717, 1.165) is 71.6 Å². The Labute approximate surface area is 169 Å². The number of aryl methyl sites for hydroxylation is 1. The van der Waals surface area contributed by atoms with Crippen molar-refractivity contribution in [3.05, 3.63) is 41.2 Å². The van der Waals surface area contributed by atoms with Gasteiger partial charge in [0, 0.05) is 36.0 Å². The smallest absolute Gasteiger partial charge is 0.253 e. The SMILES string of the molecule is Cc1nc2cccc(-c3cc4c([nH]3)CCNC4=O)c2nc1N[C@H]1CCCC(O)C1. The fraction of sp³-hybridized carbons (Fsp3) is 0.409. The van der Waals surface area contributed by atoms with Crippen LogP contribution in [0.3, 0.4) is 0 Å². The molecule has 1 unspecified atom stereocenters. The lowest BCUT2D eigenvalue weighted by Crippen LogP contribution is -2.31. The van der Waals surface area contributed by atoms with Crippen LogP contribution in [0.2, 0.25) is 0 Å². The van der Waals surface area contributed by atoms with E-state index in [1.54, 1.807) is 0 Å². The number of para-hydroxylation sites is 1.